The van der Waals surface area contributed by atoms with Gasteiger partial charge in [0.25, 0.3) is 0 Å². The molecule has 0 aromatic carbocycles. The van der Waals surface area contributed by atoms with Gasteiger partial charge in [-0.2, -0.15) is 0 Å². The van der Waals surface area contributed by atoms with Gasteiger partial charge in [-0.25, -0.2) is 4.99 Å². The number of nitrogens with zero attached hydrogens (tertiary/aromatic N) is 4. The Balaban J connectivity index is 1.52. The van der Waals surface area contributed by atoms with Gasteiger partial charge >= 0.3 is 0 Å². The fourth-order valence-corrected chi connectivity index (χ4v) is 2.17. The third-order valence-corrected chi connectivity index (χ3v) is 3.55. The van der Waals surface area contributed by atoms with Crippen LogP contribution in [0, 0.1) is 0 Å². The van der Waals surface area contributed by atoms with Gasteiger partial charge in [0.1, 0.15) is 24.5 Å². The van der Waals surface area contributed by atoms with Crippen LogP contribution in [0.2, 0.25) is 0 Å². The molecule has 2 N–H and O–H groups in total. The van der Waals surface area contributed by atoms with Crippen molar-refractivity contribution in [2.45, 2.75) is 45.3 Å². The summed E-state index contributed by atoms with van der Waals surface area (Å²) in [6.45, 7) is 4.23. The van der Waals surface area contributed by atoms with E-state index < -0.39 is 0 Å². The Morgan fingerprint density at radius 3 is 3.14 bits per heavy atom. The highest BCUT2D eigenvalue weighted by Crippen LogP contribution is 2.18. The van der Waals surface area contributed by atoms with E-state index in [0.29, 0.717) is 12.6 Å². The van der Waals surface area contributed by atoms with Crippen LogP contribution in [-0.4, -0.2) is 33.3 Å². The minimum atomic E-state index is 0.544. The maximum Gasteiger partial charge on any atom is 0.191 e. The Bertz CT molecular complexity index is 599. The number of aryl methyl sites for hydroxylation is 1. The standard InChI is InChI=1S/C15H22N6O/c1-2-14-20-18-11-21(14)8-7-16-15(19-12-5-6-12)17-10-13-4-3-9-22-13/h3-4,9,11-12H,2,5-8,10H2,1H3,(H2,16,17,19). The fraction of sp³-hybridized carbons (Fsp3) is 0.533. The number of furan rings is 1. The van der Waals surface area contributed by atoms with Crippen LogP contribution in [0.3, 0.4) is 0 Å². The summed E-state index contributed by atoms with van der Waals surface area (Å²) in [5.74, 6) is 2.71. The van der Waals surface area contributed by atoms with Gasteiger partial charge in [0.15, 0.2) is 5.96 Å². The molecule has 1 aliphatic carbocycles. The lowest BCUT2D eigenvalue weighted by Gasteiger charge is -2.12. The van der Waals surface area contributed by atoms with Crippen molar-refractivity contribution in [1.82, 2.24) is 25.4 Å². The number of hydrogen-bond acceptors (Lipinski definition) is 4. The van der Waals surface area contributed by atoms with Crippen molar-refractivity contribution in [3.63, 3.8) is 0 Å². The molecule has 1 aliphatic rings. The maximum absolute atomic E-state index is 5.31. The second kappa shape index (κ2) is 7.11. The Kier molecular flexibility index (Phi) is 4.72. The Hall–Kier alpha value is -2.31. The van der Waals surface area contributed by atoms with Crippen LogP contribution in [0.15, 0.2) is 34.1 Å². The lowest BCUT2D eigenvalue weighted by Crippen LogP contribution is -2.40. The van der Waals surface area contributed by atoms with Crippen molar-refractivity contribution >= 4 is 5.96 Å². The number of rotatable bonds is 7. The average Bonchev–Trinajstić information content (AvgIpc) is 3.03. The number of hydrogen-bond donors (Lipinski definition) is 2. The molecule has 22 heavy (non-hydrogen) atoms. The number of aromatic nitrogens is 3. The molecule has 2 heterocycles. The second-order valence-electron chi connectivity index (χ2n) is 5.38. The molecule has 3 rings (SSSR count). The third-order valence-electron chi connectivity index (χ3n) is 3.55. The molecule has 0 atom stereocenters. The lowest BCUT2D eigenvalue weighted by molar-refractivity contribution is 0.511. The van der Waals surface area contributed by atoms with Crippen molar-refractivity contribution in [2.24, 2.45) is 4.99 Å². The molecule has 0 aliphatic heterocycles. The molecule has 7 nitrogen and oxygen atoms in total. The molecule has 0 unspecified atom stereocenters. The molecular formula is C15H22N6O. The van der Waals surface area contributed by atoms with E-state index in [1.54, 1.807) is 12.6 Å². The van der Waals surface area contributed by atoms with E-state index in [9.17, 15) is 0 Å². The third kappa shape index (κ3) is 4.09. The highest BCUT2D eigenvalue weighted by molar-refractivity contribution is 5.80. The molecule has 0 bridgehead atoms. The van der Waals surface area contributed by atoms with Gasteiger partial charge in [0, 0.05) is 25.6 Å². The smallest absolute Gasteiger partial charge is 0.191 e. The Labute approximate surface area is 129 Å². The first kappa shape index (κ1) is 14.6. The molecule has 0 radical (unpaired) electrons. The van der Waals surface area contributed by atoms with Gasteiger partial charge in [-0.05, 0) is 25.0 Å². The van der Waals surface area contributed by atoms with Crippen molar-refractivity contribution in [1.29, 1.82) is 0 Å². The first-order valence-electron chi connectivity index (χ1n) is 7.79. The molecule has 0 saturated heterocycles. The van der Waals surface area contributed by atoms with E-state index in [1.807, 2.05) is 12.1 Å². The van der Waals surface area contributed by atoms with Gasteiger partial charge in [-0.3, -0.25) is 0 Å². The van der Waals surface area contributed by atoms with Crippen LogP contribution in [0.25, 0.3) is 0 Å². The minimum absolute atomic E-state index is 0.544. The average molecular weight is 302 g/mol. The topological polar surface area (TPSA) is 80.3 Å². The number of nitrogens with one attached hydrogen (secondary N) is 2. The van der Waals surface area contributed by atoms with Gasteiger partial charge in [0.2, 0.25) is 0 Å². The normalized spacial score (nSPS) is 15.0. The predicted octanol–water partition coefficient (Wildman–Crippen LogP) is 1.33. The van der Waals surface area contributed by atoms with Crippen LogP contribution in [-0.2, 0) is 19.5 Å². The zero-order valence-electron chi connectivity index (χ0n) is 12.8. The first-order valence-corrected chi connectivity index (χ1v) is 7.79. The second-order valence-corrected chi connectivity index (χ2v) is 5.38. The van der Waals surface area contributed by atoms with Crippen molar-refractivity contribution in [2.75, 3.05) is 6.54 Å². The molecule has 0 spiro atoms. The van der Waals surface area contributed by atoms with Crippen LogP contribution in [0.4, 0.5) is 0 Å². The molecular weight excluding hydrogens is 280 g/mol. The summed E-state index contributed by atoms with van der Waals surface area (Å²) < 4.78 is 7.38. The van der Waals surface area contributed by atoms with Gasteiger partial charge < -0.3 is 19.6 Å². The lowest BCUT2D eigenvalue weighted by atomic mass is 10.4. The molecule has 1 saturated carbocycles. The molecule has 2 aromatic heterocycles. The fourth-order valence-electron chi connectivity index (χ4n) is 2.17. The van der Waals surface area contributed by atoms with Gasteiger partial charge in [-0.1, -0.05) is 6.92 Å². The molecule has 1 fully saturated rings. The first-order chi connectivity index (χ1) is 10.8. The highest BCUT2D eigenvalue weighted by atomic mass is 16.3. The van der Waals surface area contributed by atoms with Crippen molar-refractivity contribution in [3.8, 4) is 0 Å². The van der Waals surface area contributed by atoms with Crippen molar-refractivity contribution in [3.05, 3.63) is 36.3 Å². The summed E-state index contributed by atoms with van der Waals surface area (Å²) in [5.41, 5.74) is 0. The summed E-state index contributed by atoms with van der Waals surface area (Å²) in [6.07, 6.45) is 6.76. The number of guanidine groups is 1. The van der Waals surface area contributed by atoms with E-state index in [2.05, 4.69) is 37.3 Å². The van der Waals surface area contributed by atoms with Gasteiger partial charge in [-0.15, -0.1) is 10.2 Å². The van der Waals surface area contributed by atoms with Crippen LogP contribution >= 0.6 is 0 Å². The summed E-state index contributed by atoms with van der Waals surface area (Å²) in [5, 5.41) is 14.8. The maximum atomic E-state index is 5.31. The largest absolute Gasteiger partial charge is 0.467 e. The van der Waals surface area contributed by atoms with Crippen molar-refractivity contribution < 1.29 is 4.42 Å². The van der Waals surface area contributed by atoms with E-state index in [-0.39, 0.29) is 0 Å². The summed E-state index contributed by atoms with van der Waals surface area (Å²) in [4.78, 5) is 4.57. The zero-order valence-corrected chi connectivity index (χ0v) is 12.8. The predicted molar refractivity (Wildman–Crippen MR) is 83.4 cm³/mol. The SMILES string of the molecule is CCc1nncn1CCNC(=NCc1ccco1)NC1CC1. The van der Waals surface area contributed by atoms with Crippen LogP contribution in [0.5, 0.6) is 0 Å². The van der Waals surface area contributed by atoms with E-state index >= 15 is 0 Å². The summed E-state index contributed by atoms with van der Waals surface area (Å²) in [6, 6.07) is 4.37. The molecule has 0 amide bonds. The highest BCUT2D eigenvalue weighted by Gasteiger charge is 2.22. The number of aliphatic imine (C=N–C) groups is 1. The Morgan fingerprint density at radius 2 is 2.41 bits per heavy atom. The van der Waals surface area contributed by atoms with E-state index in [4.69, 9.17) is 4.42 Å². The zero-order chi connectivity index (χ0) is 15.2. The summed E-state index contributed by atoms with van der Waals surface area (Å²) in [7, 11) is 0. The van der Waals surface area contributed by atoms with Gasteiger partial charge in [0.05, 0.1) is 6.26 Å². The molecule has 7 heteroatoms. The van der Waals surface area contributed by atoms with Crippen LogP contribution in [0.1, 0.15) is 31.4 Å². The summed E-state index contributed by atoms with van der Waals surface area (Å²) >= 11 is 0. The minimum Gasteiger partial charge on any atom is -0.467 e. The monoisotopic (exact) mass is 302 g/mol. The quantitative estimate of drug-likeness (QED) is 0.596. The van der Waals surface area contributed by atoms with E-state index in [0.717, 1.165) is 37.1 Å². The molecule has 2 aromatic rings. The van der Waals surface area contributed by atoms with Crippen LogP contribution < -0.4 is 10.6 Å². The molecule has 118 valence electrons. The van der Waals surface area contributed by atoms with E-state index in [1.165, 1.54) is 12.8 Å². The Morgan fingerprint density at radius 1 is 1.50 bits per heavy atom.